The standard InChI is InChI=1S/C33H30N2O3/c1-22-7-6-10-24-15-18-35(32(31(22)24)25-8-4-3-5-9-25)30(36)20-23-11-12-28-26(19-23)21-29(38-28)33(2,37)27-13-16-34-17-14-27/h3-14,16-17,19,21,32,37H,15,18,20H2,1-2H3. The van der Waals surface area contributed by atoms with Gasteiger partial charge in [0.15, 0.2) is 0 Å². The summed E-state index contributed by atoms with van der Waals surface area (Å²) in [5.74, 6) is 0.550. The molecule has 0 saturated carbocycles. The van der Waals surface area contributed by atoms with Crippen LogP contribution in [0.15, 0.2) is 102 Å². The molecule has 1 aliphatic rings. The lowest BCUT2D eigenvalue weighted by molar-refractivity contribution is -0.132. The van der Waals surface area contributed by atoms with Gasteiger partial charge in [0.2, 0.25) is 5.91 Å². The number of amides is 1. The number of hydrogen-bond acceptors (Lipinski definition) is 4. The topological polar surface area (TPSA) is 66.6 Å². The summed E-state index contributed by atoms with van der Waals surface area (Å²) >= 11 is 0. The van der Waals surface area contributed by atoms with Crippen LogP contribution in [0.1, 0.15) is 52.1 Å². The highest BCUT2D eigenvalue weighted by atomic mass is 16.4. The van der Waals surface area contributed by atoms with Gasteiger partial charge in [-0.25, -0.2) is 0 Å². The lowest BCUT2D eigenvalue weighted by Gasteiger charge is -2.39. The number of rotatable bonds is 5. The zero-order valence-corrected chi connectivity index (χ0v) is 21.6. The molecule has 2 aromatic heterocycles. The van der Waals surface area contributed by atoms with Gasteiger partial charge in [-0.3, -0.25) is 9.78 Å². The van der Waals surface area contributed by atoms with E-state index in [4.69, 9.17) is 4.42 Å². The highest BCUT2D eigenvalue weighted by Crippen LogP contribution is 2.38. The molecule has 0 aliphatic carbocycles. The number of furan rings is 1. The van der Waals surface area contributed by atoms with Gasteiger partial charge in [0, 0.05) is 24.3 Å². The molecule has 6 rings (SSSR count). The normalized spacial score (nSPS) is 16.7. The summed E-state index contributed by atoms with van der Waals surface area (Å²) in [6.45, 7) is 4.53. The molecule has 1 N–H and O–H groups in total. The van der Waals surface area contributed by atoms with Gasteiger partial charge in [-0.1, -0.05) is 54.6 Å². The van der Waals surface area contributed by atoms with Gasteiger partial charge in [-0.15, -0.1) is 0 Å². The number of aryl methyl sites for hydroxylation is 1. The Morgan fingerprint density at radius 3 is 2.61 bits per heavy atom. The van der Waals surface area contributed by atoms with E-state index in [1.165, 1.54) is 16.7 Å². The molecule has 1 amide bonds. The summed E-state index contributed by atoms with van der Waals surface area (Å²) in [6.07, 6.45) is 4.45. The molecule has 38 heavy (non-hydrogen) atoms. The number of pyridine rings is 1. The van der Waals surface area contributed by atoms with Crippen LogP contribution in [0.5, 0.6) is 0 Å². The molecule has 0 spiro atoms. The van der Waals surface area contributed by atoms with Crippen LogP contribution in [-0.2, 0) is 23.2 Å². The van der Waals surface area contributed by atoms with Gasteiger partial charge in [0.25, 0.3) is 0 Å². The Labute approximate surface area is 222 Å². The van der Waals surface area contributed by atoms with E-state index in [1.807, 2.05) is 47.4 Å². The van der Waals surface area contributed by atoms with E-state index in [2.05, 4.69) is 42.2 Å². The molecule has 190 valence electrons. The maximum absolute atomic E-state index is 13.8. The molecule has 3 heterocycles. The van der Waals surface area contributed by atoms with Crippen molar-refractivity contribution >= 4 is 16.9 Å². The van der Waals surface area contributed by atoms with Crippen LogP contribution in [0, 0.1) is 6.92 Å². The minimum absolute atomic E-state index is 0.0969. The van der Waals surface area contributed by atoms with E-state index in [0.29, 0.717) is 29.9 Å². The van der Waals surface area contributed by atoms with Crippen molar-refractivity contribution in [3.63, 3.8) is 0 Å². The van der Waals surface area contributed by atoms with Crippen molar-refractivity contribution in [1.82, 2.24) is 9.88 Å². The van der Waals surface area contributed by atoms with Gasteiger partial charge >= 0.3 is 0 Å². The van der Waals surface area contributed by atoms with Gasteiger partial charge in [0.05, 0.1) is 12.5 Å². The fourth-order valence-corrected chi connectivity index (χ4v) is 5.66. The fourth-order valence-electron chi connectivity index (χ4n) is 5.66. The number of nitrogens with zero attached hydrogens (tertiary/aromatic N) is 2. The largest absolute Gasteiger partial charge is 0.458 e. The number of benzene rings is 3. The average Bonchev–Trinajstić information content (AvgIpc) is 3.38. The van der Waals surface area contributed by atoms with Crippen LogP contribution < -0.4 is 0 Å². The van der Waals surface area contributed by atoms with E-state index in [1.54, 1.807) is 31.5 Å². The number of fused-ring (bicyclic) bond motifs is 2. The molecule has 0 fully saturated rings. The van der Waals surface area contributed by atoms with E-state index in [9.17, 15) is 9.90 Å². The molecule has 2 unspecified atom stereocenters. The molecule has 1 aliphatic heterocycles. The number of hydrogen-bond donors (Lipinski definition) is 1. The van der Waals surface area contributed by atoms with Gasteiger partial charge in [-0.05, 0) is 84.0 Å². The molecular formula is C33H30N2O3. The second kappa shape index (κ2) is 9.58. The Bertz CT molecular complexity index is 1610. The highest BCUT2D eigenvalue weighted by molar-refractivity contribution is 5.84. The van der Waals surface area contributed by atoms with Gasteiger partial charge in [-0.2, -0.15) is 0 Å². The second-order valence-corrected chi connectivity index (χ2v) is 10.3. The van der Waals surface area contributed by atoms with Crippen LogP contribution >= 0.6 is 0 Å². The van der Waals surface area contributed by atoms with Crippen LogP contribution in [-0.4, -0.2) is 27.4 Å². The Hall–Kier alpha value is -4.22. The first-order chi connectivity index (χ1) is 18.4. The Morgan fingerprint density at radius 2 is 1.82 bits per heavy atom. The van der Waals surface area contributed by atoms with Crippen LogP contribution in [0.3, 0.4) is 0 Å². The molecule has 2 atom stereocenters. The smallest absolute Gasteiger partial charge is 0.227 e. The summed E-state index contributed by atoms with van der Waals surface area (Å²) in [5.41, 5.74) is 5.90. The van der Waals surface area contributed by atoms with Crippen molar-refractivity contribution in [3.8, 4) is 0 Å². The lowest BCUT2D eigenvalue weighted by Crippen LogP contribution is -2.41. The molecule has 3 aromatic carbocycles. The van der Waals surface area contributed by atoms with E-state index < -0.39 is 5.60 Å². The number of carbonyl (C=O) groups excluding carboxylic acids is 1. The maximum Gasteiger partial charge on any atom is 0.227 e. The first-order valence-corrected chi connectivity index (χ1v) is 13.0. The third kappa shape index (κ3) is 4.29. The highest BCUT2D eigenvalue weighted by Gasteiger charge is 2.33. The van der Waals surface area contributed by atoms with Gasteiger partial charge < -0.3 is 14.4 Å². The van der Waals surface area contributed by atoms with Crippen molar-refractivity contribution in [3.05, 3.63) is 136 Å². The Morgan fingerprint density at radius 1 is 1.03 bits per heavy atom. The summed E-state index contributed by atoms with van der Waals surface area (Å²) in [4.78, 5) is 19.9. The minimum atomic E-state index is -1.29. The van der Waals surface area contributed by atoms with Crippen LogP contribution in [0.25, 0.3) is 11.0 Å². The number of carbonyl (C=O) groups is 1. The summed E-state index contributed by atoms with van der Waals surface area (Å²) in [7, 11) is 0. The molecule has 5 aromatic rings. The third-order valence-electron chi connectivity index (χ3n) is 7.72. The lowest BCUT2D eigenvalue weighted by atomic mass is 9.85. The first-order valence-electron chi connectivity index (χ1n) is 13.0. The molecule has 0 saturated heterocycles. The van der Waals surface area contributed by atoms with Crippen molar-refractivity contribution in [1.29, 1.82) is 0 Å². The van der Waals surface area contributed by atoms with Crippen molar-refractivity contribution in [2.45, 2.75) is 38.3 Å². The van der Waals surface area contributed by atoms with Crippen LogP contribution in [0.4, 0.5) is 0 Å². The zero-order chi connectivity index (χ0) is 26.3. The summed E-state index contributed by atoms with van der Waals surface area (Å²) in [5, 5.41) is 12.1. The van der Waals surface area contributed by atoms with Crippen molar-refractivity contribution < 1.29 is 14.3 Å². The van der Waals surface area contributed by atoms with Gasteiger partial charge in [0.1, 0.15) is 16.9 Å². The quantitative estimate of drug-likeness (QED) is 0.315. The first kappa shape index (κ1) is 24.1. The second-order valence-electron chi connectivity index (χ2n) is 10.3. The van der Waals surface area contributed by atoms with E-state index in [-0.39, 0.29) is 11.9 Å². The Kier molecular flexibility index (Phi) is 6.09. The average molecular weight is 503 g/mol. The predicted octanol–water partition coefficient (Wildman–Crippen LogP) is 6.11. The van der Waals surface area contributed by atoms with Crippen molar-refractivity contribution in [2.24, 2.45) is 0 Å². The molecular weight excluding hydrogens is 472 g/mol. The Balaban J connectivity index is 1.30. The monoisotopic (exact) mass is 502 g/mol. The number of aromatic nitrogens is 1. The van der Waals surface area contributed by atoms with E-state index in [0.717, 1.165) is 22.9 Å². The summed E-state index contributed by atoms with van der Waals surface area (Å²) < 4.78 is 6.02. The third-order valence-corrected chi connectivity index (χ3v) is 7.72. The molecule has 5 heteroatoms. The maximum atomic E-state index is 13.8. The van der Waals surface area contributed by atoms with Crippen LogP contribution in [0.2, 0.25) is 0 Å². The fraction of sp³-hybridized carbons (Fsp3) is 0.212. The summed E-state index contributed by atoms with van der Waals surface area (Å²) in [6, 6.07) is 27.9. The SMILES string of the molecule is Cc1cccc2c1C(c1ccccc1)N(C(=O)Cc1ccc3oc(C(C)(O)c4ccncc4)cc3c1)CC2. The van der Waals surface area contributed by atoms with E-state index >= 15 is 0 Å². The minimum Gasteiger partial charge on any atom is -0.458 e. The number of aliphatic hydroxyl groups is 1. The molecule has 5 nitrogen and oxygen atoms in total. The molecule has 0 radical (unpaired) electrons. The van der Waals surface area contributed by atoms with Crippen molar-refractivity contribution in [2.75, 3.05) is 6.54 Å². The predicted molar refractivity (Wildman–Crippen MR) is 148 cm³/mol. The zero-order valence-electron chi connectivity index (χ0n) is 21.6. The molecule has 0 bridgehead atoms.